The lowest BCUT2D eigenvalue weighted by Gasteiger charge is -2.21. The first kappa shape index (κ1) is 14.0. The number of aliphatic hydroxyl groups is 2. The maximum atomic E-state index is 11.7. The number of urea groups is 1. The smallest absolute Gasteiger partial charge is 0.321 e. The third kappa shape index (κ3) is 5.16. The summed E-state index contributed by atoms with van der Waals surface area (Å²) in [5, 5.41) is 20.3. The van der Waals surface area contributed by atoms with Crippen molar-refractivity contribution in [2.45, 2.75) is 12.8 Å². The van der Waals surface area contributed by atoms with E-state index < -0.39 is 0 Å². The molecule has 6 nitrogen and oxygen atoms in total. The third-order valence-electron chi connectivity index (χ3n) is 2.56. The summed E-state index contributed by atoms with van der Waals surface area (Å²) in [6.45, 7) is 1.60. The van der Waals surface area contributed by atoms with E-state index in [0.717, 1.165) is 18.4 Å². The monoisotopic (exact) mass is 244 g/mol. The lowest BCUT2D eigenvalue weighted by molar-refractivity contribution is 0.118. The molecule has 0 unspecified atom stereocenters. The summed E-state index contributed by atoms with van der Waals surface area (Å²) in [6, 6.07) is -0.299. The molecule has 3 N–H and O–H groups in total. The summed E-state index contributed by atoms with van der Waals surface area (Å²) in [5.74, 6) is 0. The molecule has 1 fully saturated rings. The van der Waals surface area contributed by atoms with Crippen molar-refractivity contribution in [3.8, 4) is 0 Å². The van der Waals surface area contributed by atoms with Crippen molar-refractivity contribution in [1.82, 2.24) is 10.2 Å². The number of hydrogen-bond donors (Lipinski definition) is 3. The van der Waals surface area contributed by atoms with Crippen LogP contribution in [0.5, 0.6) is 0 Å². The van der Waals surface area contributed by atoms with Crippen molar-refractivity contribution < 1.29 is 19.7 Å². The van der Waals surface area contributed by atoms with Crippen LogP contribution < -0.4 is 5.32 Å². The Bertz CT molecular complexity index is 254. The van der Waals surface area contributed by atoms with Crippen molar-refractivity contribution >= 4 is 6.03 Å². The van der Waals surface area contributed by atoms with Gasteiger partial charge in [-0.3, -0.25) is 0 Å². The number of amides is 2. The first-order chi connectivity index (χ1) is 8.27. The van der Waals surface area contributed by atoms with Crippen molar-refractivity contribution in [1.29, 1.82) is 0 Å². The van der Waals surface area contributed by atoms with E-state index in [1.54, 1.807) is 6.20 Å². The molecule has 0 aromatic heterocycles. The van der Waals surface area contributed by atoms with E-state index >= 15 is 0 Å². The van der Waals surface area contributed by atoms with Crippen LogP contribution in [0.3, 0.4) is 0 Å². The normalized spacial score (nSPS) is 15.5. The molecule has 0 spiro atoms. The Morgan fingerprint density at radius 3 is 2.41 bits per heavy atom. The van der Waals surface area contributed by atoms with Crippen LogP contribution in [0, 0.1) is 0 Å². The fourth-order valence-electron chi connectivity index (χ4n) is 1.59. The van der Waals surface area contributed by atoms with Crippen molar-refractivity contribution in [2.75, 3.05) is 39.5 Å². The van der Waals surface area contributed by atoms with Crippen LogP contribution in [0.2, 0.25) is 0 Å². The molecule has 98 valence electrons. The Labute approximate surface area is 101 Å². The summed E-state index contributed by atoms with van der Waals surface area (Å²) in [6.07, 6.45) is 3.37. The van der Waals surface area contributed by atoms with E-state index in [4.69, 9.17) is 14.9 Å². The van der Waals surface area contributed by atoms with Gasteiger partial charge in [-0.25, -0.2) is 4.79 Å². The van der Waals surface area contributed by atoms with Gasteiger partial charge in [-0.2, -0.15) is 0 Å². The van der Waals surface area contributed by atoms with Gasteiger partial charge in [0.15, 0.2) is 0 Å². The molecule has 0 aromatic carbocycles. The number of carbonyl (C=O) groups is 1. The number of nitrogens with one attached hydrogen (secondary N) is 1. The van der Waals surface area contributed by atoms with Crippen molar-refractivity contribution in [3.63, 3.8) is 0 Å². The summed E-state index contributed by atoms with van der Waals surface area (Å²) in [4.78, 5) is 13.1. The fraction of sp³-hybridized carbons (Fsp3) is 0.727. The van der Waals surface area contributed by atoms with E-state index in [0.29, 0.717) is 13.2 Å². The third-order valence-corrected chi connectivity index (χ3v) is 2.56. The molecule has 1 rings (SSSR count). The highest BCUT2D eigenvalue weighted by molar-refractivity contribution is 5.75. The molecule has 17 heavy (non-hydrogen) atoms. The van der Waals surface area contributed by atoms with E-state index in [1.807, 2.05) is 0 Å². The van der Waals surface area contributed by atoms with Gasteiger partial charge < -0.3 is 25.2 Å². The SMILES string of the molecule is O=C(NC=C1CCOCC1)N(CCO)CCO. The van der Waals surface area contributed by atoms with E-state index in [9.17, 15) is 4.79 Å². The molecule has 0 aliphatic carbocycles. The molecular weight excluding hydrogens is 224 g/mol. The Kier molecular flexibility index (Phi) is 6.61. The first-order valence-corrected chi connectivity index (χ1v) is 5.80. The molecule has 6 heteroatoms. The number of hydrogen-bond acceptors (Lipinski definition) is 4. The molecule has 1 saturated heterocycles. The molecule has 2 amide bonds. The zero-order chi connectivity index (χ0) is 12.5. The zero-order valence-electron chi connectivity index (χ0n) is 9.89. The number of carbonyl (C=O) groups excluding carboxylic acids is 1. The quantitative estimate of drug-likeness (QED) is 0.619. The molecule has 0 aromatic rings. The largest absolute Gasteiger partial charge is 0.395 e. The highest BCUT2D eigenvalue weighted by atomic mass is 16.5. The zero-order valence-corrected chi connectivity index (χ0v) is 9.89. The van der Waals surface area contributed by atoms with Gasteiger partial charge >= 0.3 is 6.03 Å². The van der Waals surface area contributed by atoms with Gasteiger partial charge in [0.2, 0.25) is 0 Å². The highest BCUT2D eigenvalue weighted by Gasteiger charge is 2.11. The van der Waals surface area contributed by atoms with Crippen LogP contribution in [0.25, 0.3) is 0 Å². The Hall–Kier alpha value is -1.11. The average molecular weight is 244 g/mol. The van der Waals surface area contributed by atoms with Crippen LogP contribution in [-0.4, -0.2) is 60.7 Å². The summed E-state index contributed by atoms with van der Waals surface area (Å²) >= 11 is 0. The van der Waals surface area contributed by atoms with Gasteiger partial charge in [0.1, 0.15) is 0 Å². The first-order valence-electron chi connectivity index (χ1n) is 5.80. The van der Waals surface area contributed by atoms with Gasteiger partial charge in [0, 0.05) is 19.3 Å². The molecule has 0 saturated carbocycles. The van der Waals surface area contributed by atoms with Gasteiger partial charge in [-0.1, -0.05) is 0 Å². The minimum Gasteiger partial charge on any atom is -0.395 e. The van der Waals surface area contributed by atoms with Gasteiger partial charge in [0.05, 0.1) is 26.4 Å². The molecule has 1 heterocycles. The number of aliphatic hydroxyl groups excluding tert-OH is 2. The Morgan fingerprint density at radius 2 is 1.88 bits per heavy atom. The summed E-state index contributed by atoms with van der Waals surface area (Å²) in [5.41, 5.74) is 1.15. The van der Waals surface area contributed by atoms with Crippen LogP contribution in [0.4, 0.5) is 4.79 Å². The predicted molar refractivity (Wildman–Crippen MR) is 62.4 cm³/mol. The number of rotatable bonds is 5. The number of nitrogens with zero attached hydrogens (tertiary/aromatic N) is 1. The Balaban J connectivity index is 2.39. The summed E-state index contributed by atoms with van der Waals surface area (Å²) in [7, 11) is 0. The maximum absolute atomic E-state index is 11.7. The second kappa shape index (κ2) is 8.05. The lowest BCUT2D eigenvalue weighted by Crippen LogP contribution is -2.41. The van der Waals surface area contributed by atoms with Crippen molar-refractivity contribution in [3.05, 3.63) is 11.8 Å². The molecule has 1 aliphatic heterocycles. The summed E-state index contributed by atoms with van der Waals surface area (Å²) < 4.78 is 5.20. The van der Waals surface area contributed by atoms with Gasteiger partial charge in [-0.15, -0.1) is 0 Å². The molecule has 0 atom stereocenters. The topological polar surface area (TPSA) is 82.0 Å². The fourth-order valence-corrected chi connectivity index (χ4v) is 1.59. The van der Waals surface area contributed by atoms with Gasteiger partial charge in [-0.05, 0) is 18.4 Å². The second-order valence-corrected chi connectivity index (χ2v) is 3.80. The molecule has 0 radical (unpaired) electrons. The molecule has 1 aliphatic rings. The minimum absolute atomic E-state index is 0.113. The second-order valence-electron chi connectivity index (χ2n) is 3.80. The van der Waals surface area contributed by atoms with Crippen molar-refractivity contribution in [2.24, 2.45) is 0 Å². The van der Waals surface area contributed by atoms with E-state index in [2.05, 4.69) is 5.32 Å². The van der Waals surface area contributed by atoms with Crippen LogP contribution in [0.15, 0.2) is 11.8 Å². The molecular formula is C11H20N2O4. The number of ether oxygens (including phenoxy) is 1. The van der Waals surface area contributed by atoms with E-state index in [1.165, 1.54) is 4.90 Å². The van der Waals surface area contributed by atoms with Crippen LogP contribution in [-0.2, 0) is 4.74 Å². The van der Waals surface area contributed by atoms with E-state index in [-0.39, 0.29) is 32.3 Å². The minimum atomic E-state index is -0.299. The molecule has 0 bridgehead atoms. The average Bonchev–Trinajstić information content (AvgIpc) is 2.37. The van der Waals surface area contributed by atoms with Gasteiger partial charge in [0.25, 0.3) is 0 Å². The standard InChI is InChI=1S/C11H20N2O4/c14-5-3-13(4-6-15)11(16)12-9-10-1-7-17-8-2-10/h9,14-15H,1-8H2,(H,12,16). The Morgan fingerprint density at radius 1 is 1.29 bits per heavy atom. The predicted octanol–water partition coefficient (Wildman–Crippen LogP) is -0.323. The highest BCUT2D eigenvalue weighted by Crippen LogP contribution is 2.11. The maximum Gasteiger partial charge on any atom is 0.321 e. The lowest BCUT2D eigenvalue weighted by atomic mass is 10.1. The van der Waals surface area contributed by atoms with Crippen LogP contribution >= 0.6 is 0 Å². The van der Waals surface area contributed by atoms with Crippen LogP contribution in [0.1, 0.15) is 12.8 Å².